The van der Waals surface area contributed by atoms with Gasteiger partial charge in [-0.1, -0.05) is 6.92 Å². The zero-order chi connectivity index (χ0) is 11.4. The maximum absolute atomic E-state index is 12.8. The van der Waals surface area contributed by atoms with Crippen LogP contribution in [0.5, 0.6) is 0 Å². The molecule has 0 fully saturated rings. The highest BCUT2D eigenvalue weighted by Gasteiger charge is 2.16. The van der Waals surface area contributed by atoms with Gasteiger partial charge >= 0.3 is 0 Å². The lowest BCUT2D eigenvalue weighted by molar-refractivity contribution is 0.0931. The number of benzene rings is 1. The number of nitriles is 1. The van der Waals surface area contributed by atoms with Crippen molar-refractivity contribution >= 4 is 5.78 Å². The Labute approximate surface area is 88.3 Å². The van der Waals surface area contributed by atoms with Crippen LogP contribution in [0.4, 0.5) is 4.39 Å². The van der Waals surface area contributed by atoms with Crippen molar-refractivity contribution in [2.24, 2.45) is 5.92 Å². The van der Waals surface area contributed by atoms with Crippen molar-refractivity contribution in [3.05, 3.63) is 35.1 Å². The van der Waals surface area contributed by atoms with Crippen LogP contribution in [-0.2, 0) is 0 Å². The highest BCUT2D eigenvalue weighted by atomic mass is 19.1. The van der Waals surface area contributed by atoms with Crippen molar-refractivity contribution in [1.82, 2.24) is 0 Å². The van der Waals surface area contributed by atoms with Gasteiger partial charge in [0.05, 0.1) is 6.07 Å². The van der Waals surface area contributed by atoms with Crippen molar-refractivity contribution in [3.8, 4) is 6.07 Å². The van der Waals surface area contributed by atoms with Crippen LogP contribution in [0.1, 0.15) is 29.3 Å². The number of halogens is 1. The summed E-state index contributed by atoms with van der Waals surface area (Å²) >= 11 is 0. The van der Waals surface area contributed by atoms with Crippen molar-refractivity contribution in [2.75, 3.05) is 0 Å². The molecule has 0 aromatic heterocycles. The van der Waals surface area contributed by atoms with Gasteiger partial charge in [-0.2, -0.15) is 5.26 Å². The Balaban J connectivity index is 2.97. The lowest BCUT2D eigenvalue weighted by Crippen LogP contribution is -2.12. The Morgan fingerprint density at radius 2 is 2.27 bits per heavy atom. The van der Waals surface area contributed by atoms with Crippen molar-refractivity contribution in [3.63, 3.8) is 0 Å². The first-order valence-corrected chi connectivity index (χ1v) is 4.73. The maximum atomic E-state index is 12.8. The summed E-state index contributed by atoms with van der Waals surface area (Å²) in [6.07, 6.45) is 0.190. The van der Waals surface area contributed by atoms with Gasteiger partial charge in [-0.3, -0.25) is 4.79 Å². The van der Waals surface area contributed by atoms with Gasteiger partial charge in [-0.15, -0.1) is 0 Å². The molecule has 0 aliphatic rings. The second kappa shape index (κ2) is 4.70. The molecule has 0 saturated carbocycles. The molecular weight excluding hydrogens is 193 g/mol. The van der Waals surface area contributed by atoms with E-state index in [1.54, 1.807) is 13.8 Å². The Morgan fingerprint density at radius 3 is 2.80 bits per heavy atom. The van der Waals surface area contributed by atoms with Crippen LogP contribution in [0.25, 0.3) is 0 Å². The molecule has 0 spiro atoms. The average Bonchev–Trinajstić information content (AvgIpc) is 2.17. The van der Waals surface area contributed by atoms with Crippen molar-refractivity contribution in [1.29, 1.82) is 5.26 Å². The molecule has 0 saturated heterocycles. The van der Waals surface area contributed by atoms with E-state index in [4.69, 9.17) is 5.26 Å². The van der Waals surface area contributed by atoms with E-state index in [1.807, 2.05) is 6.07 Å². The second-order valence-electron chi connectivity index (χ2n) is 3.59. The van der Waals surface area contributed by atoms with Gasteiger partial charge in [0.15, 0.2) is 5.78 Å². The summed E-state index contributed by atoms with van der Waals surface area (Å²) in [6.45, 7) is 3.39. The van der Waals surface area contributed by atoms with E-state index in [9.17, 15) is 9.18 Å². The number of aryl methyl sites for hydroxylation is 1. The molecule has 0 aliphatic carbocycles. The van der Waals surface area contributed by atoms with Crippen LogP contribution in [0.2, 0.25) is 0 Å². The number of rotatable bonds is 3. The first-order chi connectivity index (χ1) is 7.06. The minimum Gasteiger partial charge on any atom is -0.294 e. The fraction of sp³-hybridized carbons (Fsp3) is 0.333. The summed E-state index contributed by atoms with van der Waals surface area (Å²) in [6, 6.07) is 6.02. The monoisotopic (exact) mass is 205 g/mol. The molecule has 1 atom stereocenters. The van der Waals surface area contributed by atoms with Gasteiger partial charge in [0, 0.05) is 17.9 Å². The Hall–Kier alpha value is -1.69. The highest BCUT2D eigenvalue weighted by Crippen LogP contribution is 2.16. The summed E-state index contributed by atoms with van der Waals surface area (Å²) in [7, 11) is 0. The predicted octanol–water partition coefficient (Wildman–Crippen LogP) is 2.87. The second-order valence-corrected chi connectivity index (χ2v) is 3.59. The Bertz CT molecular complexity index is 420. The maximum Gasteiger partial charge on any atom is 0.166 e. The molecule has 2 nitrogen and oxygen atoms in total. The third kappa shape index (κ3) is 2.63. The summed E-state index contributed by atoms with van der Waals surface area (Å²) in [5, 5.41) is 8.48. The van der Waals surface area contributed by atoms with Crippen LogP contribution in [0.15, 0.2) is 18.2 Å². The van der Waals surface area contributed by atoms with Crippen LogP contribution < -0.4 is 0 Å². The quantitative estimate of drug-likeness (QED) is 0.712. The number of hydrogen-bond acceptors (Lipinski definition) is 2. The van der Waals surface area contributed by atoms with Crippen LogP contribution in [0, 0.1) is 30.0 Å². The van der Waals surface area contributed by atoms with Crippen LogP contribution >= 0.6 is 0 Å². The number of nitrogens with zero attached hydrogens (tertiary/aromatic N) is 1. The molecule has 0 amide bonds. The summed E-state index contributed by atoms with van der Waals surface area (Å²) in [5.41, 5.74) is 1.11. The molecule has 3 heteroatoms. The lowest BCUT2D eigenvalue weighted by atomic mass is 9.94. The van der Waals surface area contributed by atoms with Gasteiger partial charge in [0.25, 0.3) is 0 Å². The molecule has 1 rings (SSSR count). The predicted molar refractivity (Wildman–Crippen MR) is 54.9 cm³/mol. The third-order valence-electron chi connectivity index (χ3n) is 2.30. The van der Waals surface area contributed by atoms with E-state index in [2.05, 4.69) is 0 Å². The minimum absolute atomic E-state index is 0.103. The number of carbonyl (C=O) groups is 1. The molecule has 0 bridgehead atoms. The largest absolute Gasteiger partial charge is 0.294 e. The standard InChI is InChI=1S/C12H12FNO/c1-8(5-6-14)12(15)11-4-3-10(13)7-9(11)2/h3-4,7-8H,5H2,1-2H3. The topological polar surface area (TPSA) is 40.9 Å². The average molecular weight is 205 g/mol. The molecule has 0 heterocycles. The van der Waals surface area contributed by atoms with E-state index in [0.717, 1.165) is 0 Å². The Kier molecular flexibility index (Phi) is 3.56. The van der Waals surface area contributed by atoms with E-state index in [1.165, 1.54) is 18.2 Å². The zero-order valence-electron chi connectivity index (χ0n) is 8.75. The van der Waals surface area contributed by atoms with Gasteiger partial charge in [-0.05, 0) is 30.7 Å². The molecule has 1 aromatic rings. The van der Waals surface area contributed by atoms with Gasteiger partial charge in [0.1, 0.15) is 5.82 Å². The number of Topliss-reactive ketones (excluding diaryl/α,β-unsaturated/α-hetero) is 1. The third-order valence-corrected chi connectivity index (χ3v) is 2.30. The first kappa shape index (κ1) is 11.4. The van der Waals surface area contributed by atoms with Gasteiger partial charge in [-0.25, -0.2) is 4.39 Å². The molecule has 15 heavy (non-hydrogen) atoms. The molecule has 0 N–H and O–H groups in total. The lowest BCUT2D eigenvalue weighted by Gasteiger charge is -2.08. The summed E-state index contributed by atoms with van der Waals surface area (Å²) in [4.78, 5) is 11.8. The Morgan fingerprint density at radius 1 is 1.60 bits per heavy atom. The molecule has 0 radical (unpaired) electrons. The number of carbonyl (C=O) groups excluding carboxylic acids is 1. The highest BCUT2D eigenvalue weighted by molar-refractivity contribution is 5.99. The van der Waals surface area contributed by atoms with Crippen LogP contribution in [-0.4, -0.2) is 5.78 Å². The van der Waals surface area contributed by atoms with Crippen LogP contribution in [0.3, 0.4) is 0 Å². The zero-order valence-corrected chi connectivity index (χ0v) is 8.75. The van der Waals surface area contributed by atoms with Crippen molar-refractivity contribution < 1.29 is 9.18 Å². The van der Waals surface area contributed by atoms with Gasteiger partial charge in [0.2, 0.25) is 0 Å². The first-order valence-electron chi connectivity index (χ1n) is 4.73. The molecule has 0 aliphatic heterocycles. The molecular formula is C12H12FNO. The van der Waals surface area contributed by atoms with Crippen molar-refractivity contribution in [2.45, 2.75) is 20.3 Å². The number of hydrogen-bond donors (Lipinski definition) is 0. The summed E-state index contributed by atoms with van der Waals surface area (Å²) in [5.74, 6) is -0.787. The van der Waals surface area contributed by atoms with E-state index < -0.39 is 0 Å². The smallest absolute Gasteiger partial charge is 0.166 e. The fourth-order valence-corrected chi connectivity index (χ4v) is 1.40. The summed E-state index contributed by atoms with van der Waals surface area (Å²) < 4.78 is 12.8. The SMILES string of the molecule is Cc1cc(F)ccc1C(=O)C(C)CC#N. The van der Waals surface area contributed by atoms with E-state index >= 15 is 0 Å². The molecule has 1 unspecified atom stereocenters. The molecule has 1 aromatic carbocycles. The van der Waals surface area contributed by atoms with E-state index in [-0.39, 0.29) is 23.9 Å². The fourth-order valence-electron chi connectivity index (χ4n) is 1.40. The number of ketones is 1. The molecule has 78 valence electrons. The van der Waals surface area contributed by atoms with Gasteiger partial charge < -0.3 is 0 Å². The normalized spacial score (nSPS) is 11.9. The minimum atomic E-state index is -0.350. The van der Waals surface area contributed by atoms with E-state index in [0.29, 0.717) is 11.1 Å².